The number of carboxylic acid groups (broad SMARTS) is 1. The average Bonchev–Trinajstić information content (AvgIpc) is 2.46. The Bertz CT molecular complexity index is 809. The summed E-state index contributed by atoms with van der Waals surface area (Å²) >= 11 is 0. The van der Waals surface area contributed by atoms with E-state index in [4.69, 9.17) is 0 Å². The predicted molar refractivity (Wildman–Crippen MR) is 76.3 cm³/mol. The molecule has 20 heavy (non-hydrogen) atoms. The van der Waals surface area contributed by atoms with Crippen LogP contribution in [0.15, 0.2) is 60.7 Å². The molecule has 0 amide bonds. The van der Waals surface area contributed by atoms with E-state index in [-0.39, 0.29) is 5.56 Å². The molecule has 0 spiro atoms. The highest BCUT2D eigenvalue weighted by Gasteiger charge is 2.12. The van der Waals surface area contributed by atoms with E-state index in [9.17, 15) is 14.3 Å². The zero-order valence-corrected chi connectivity index (χ0v) is 10.5. The third-order valence-electron chi connectivity index (χ3n) is 3.27. The average molecular weight is 266 g/mol. The van der Waals surface area contributed by atoms with E-state index in [1.807, 2.05) is 42.5 Å². The van der Waals surface area contributed by atoms with E-state index in [0.717, 1.165) is 16.8 Å². The lowest BCUT2D eigenvalue weighted by Crippen LogP contribution is -2.00. The highest BCUT2D eigenvalue weighted by atomic mass is 19.1. The maximum absolute atomic E-state index is 13.4. The van der Waals surface area contributed by atoms with E-state index >= 15 is 0 Å². The van der Waals surface area contributed by atoms with E-state index < -0.39 is 11.8 Å². The molecule has 0 aliphatic rings. The summed E-state index contributed by atoms with van der Waals surface area (Å²) in [4.78, 5) is 11.2. The summed E-state index contributed by atoms with van der Waals surface area (Å²) in [5, 5.41) is 11.3. The van der Waals surface area contributed by atoms with Crippen LogP contribution in [0.25, 0.3) is 21.9 Å². The first-order valence-corrected chi connectivity index (χ1v) is 6.17. The van der Waals surface area contributed by atoms with Crippen LogP contribution in [0.3, 0.4) is 0 Å². The molecule has 0 radical (unpaired) electrons. The molecule has 0 unspecified atom stereocenters. The van der Waals surface area contributed by atoms with E-state index in [2.05, 4.69) is 0 Å². The first-order valence-electron chi connectivity index (χ1n) is 6.17. The van der Waals surface area contributed by atoms with Crippen LogP contribution in [0, 0.1) is 5.82 Å². The standard InChI is InChI=1S/C17H11FO2/c18-14-7-8-15(17(19)20)16(10-14)13-6-5-11-3-1-2-4-12(11)9-13/h1-10H,(H,19,20). The number of rotatable bonds is 2. The molecule has 3 aromatic rings. The van der Waals surface area contributed by atoms with Gasteiger partial charge in [-0.15, -0.1) is 0 Å². The fourth-order valence-corrected chi connectivity index (χ4v) is 2.30. The van der Waals surface area contributed by atoms with Crippen LogP contribution >= 0.6 is 0 Å². The molecule has 0 aromatic heterocycles. The molecule has 0 bridgehead atoms. The van der Waals surface area contributed by atoms with Gasteiger partial charge in [0, 0.05) is 0 Å². The molecule has 0 heterocycles. The van der Waals surface area contributed by atoms with Gasteiger partial charge < -0.3 is 5.11 Å². The molecule has 0 saturated heterocycles. The lowest BCUT2D eigenvalue weighted by molar-refractivity contribution is 0.0697. The largest absolute Gasteiger partial charge is 0.478 e. The maximum atomic E-state index is 13.4. The minimum absolute atomic E-state index is 0.0988. The molecule has 0 aliphatic heterocycles. The fourth-order valence-electron chi connectivity index (χ4n) is 2.30. The number of hydrogen-bond donors (Lipinski definition) is 1. The van der Waals surface area contributed by atoms with Crippen molar-refractivity contribution < 1.29 is 14.3 Å². The quantitative estimate of drug-likeness (QED) is 0.749. The molecule has 0 fully saturated rings. The number of fused-ring (bicyclic) bond motifs is 1. The van der Waals surface area contributed by atoms with E-state index in [0.29, 0.717) is 11.1 Å². The minimum Gasteiger partial charge on any atom is -0.478 e. The number of benzene rings is 3. The Kier molecular flexibility index (Phi) is 2.95. The fraction of sp³-hybridized carbons (Fsp3) is 0. The summed E-state index contributed by atoms with van der Waals surface area (Å²) in [6.45, 7) is 0. The Hall–Kier alpha value is -2.68. The Morgan fingerprint density at radius 3 is 2.40 bits per heavy atom. The maximum Gasteiger partial charge on any atom is 0.336 e. The molecule has 0 atom stereocenters. The van der Waals surface area contributed by atoms with Gasteiger partial charge in [-0.2, -0.15) is 0 Å². The van der Waals surface area contributed by atoms with Crippen molar-refractivity contribution in [2.24, 2.45) is 0 Å². The lowest BCUT2D eigenvalue weighted by atomic mass is 9.97. The van der Waals surface area contributed by atoms with Crippen LogP contribution in [0.4, 0.5) is 4.39 Å². The van der Waals surface area contributed by atoms with Crippen molar-refractivity contribution >= 4 is 16.7 Å². The van der Waals surface area contributed by atoms with Crippen molar-refractivity contribution in [2.75, 3.05) is 0 Å². The molecular formula is C17H11FO2. The smallest absolute Gasteiger partial charge is 0.336 e. The number of aromatic carboxylic acids is 1. The van der Waals surface area contributed by atoms with Gasteiger partial charge in [0.1, 0.15) is 5.82 Å². The van der Waals surface area contributed by atoms with Gasteiger partial charge in [-0.25, -0.2) is 9.18 Å². The van der Waals surface area contributed by atoms with Crippen molar-refractivity contribution in [3.63, 3.8) is 0 Å². The first kappa shape index (κ1) is 12.4. The summed E-state index contributed by atoms with van der Waals surface area (Å²) in [5.74, 6) is -1.51. The van der Waals surface area contributed by atoms with Gasteiger partial charge in [0.25, 0.3) is 0 Å². The van der Waals surface area contributed by atoms with Crippen molar-refractivity contribution in [3.8, 4) is 11.1 Å². The minimum atomic E-state index is -1.06. The molecule has 3 heteroatoms. The Morgan fingerprint density at radius 1 is 0.900 bits per heavy atom. The zero-order valence-electron chi connectivity index (χ0n) is 10.5. The van der Waals surface area contributed by atoms with Gasteiger partial charge in [-0.3, -0.25) is 0 Å². The normalized spacial score (nSPS) is 10.7. The van der Waals surface area contributed by atoms with Gasteiger partial charge in [-0.1, -0.05) is 36.4 Å². The van der Waals surface area contributed by atoms with E-state index in [1.165, 1.54) is 12.1 Å². The topological polar surface area (TPSA) is 37.3 Å². The highest BCUT2D eigenvalue weighted by molar-refractivity contribution is 5.97. The molecule has 0 saturated carbocycles. The second-order valence-electron chi connectivity index (χ2n) is 4.56. The summed E-state index contributed by atoms with van der Waals surface area (Å²) in [6.07, 6.45) is 0. The highest BCUT2D eigenvalue weighted by Crippen LogP contribution is 2.28. The van der Waals surface area contributed by atoms with Crippen LogP contribution < -0.4 is 0 Å². The molecule has 2 nitrogen and oxygen atoms in total. The van der Waals surface area contributed by atoms with Crippen LogP contribution in [-0.2, 0) is 0 Å². The summed E-state index contributed by atoms with van der Waals surface area (Å²) in [6, 6.07) is 17.1. The summed E-state index contributed by atoms with van der Waals surface area (Å²) < 4.78 is 13.4. The number of hydrogen-bond acceptors (Lipinski definition) is 1. The van der Waals surface area contributed by atoms with Gasteiger partial charge in [0.2, 0.25) is 0 Å². The van der Waals surface area contributed by atoms with Crippen molar-refractivity contribution in [1.82, 2.24) is 0 Å². The molecule has 98 valence electrons. The van der Waals surface area contributed by atoms with Crippen molar-refractivity contribution in [3.05, 3.63) is 72.0 Å². The Balaban J connectivity index is 2.24. The summed E-state index contributed by atoms with van der Waals surface area (Å²) in [5.41, 5.74) is 1.19. The molecule has 0 aliphatic carbocycles. The van der Waals surface area contributed by atoms with Crippen molar-refractivity contribution in [2.45, 2.75) is 0 Å². The van der Waals surface area contributed by atoms with Crippen LogP contribution in [0.1, 0.15) is 10.4 Å². The van der Waals surface area contributed by atoms with Crippen LogP contribution in [-0.4, -0.2) is 11.1 Å². The Morgan fingerprint density at radius 2 is 1.65 bits per heavy atom. The van der Waals surface area contributed by atoms with Gasteiger partial charge in [0.15, 0.2) is 0 Å². The predicted octanol–water partition coefficient (Wildman–Crippen LogP) is 4.34. The van der Waals surface area contributed by atoms with Crippen LogP contribution in [0.2, 0.25) is 0 Å². The van der Waals surface area contributed by atoms with Gasteiger partial charge >= 0.3 is 5.97 Å². The zero-order chi connectivity index (χ0) is 14.1. The van der Waals surface area contributed by atoms with Gasteiger partial charge in [0.05, 0.1) is 5.56 Å². The van der Waals surface area contributed by atoms with Crippen LogP contribution in [0.5, 0.6) is 0 Å². The first-order chi connectivity index (χ1) is 9.65. The monoisotopic (exact) mass is 266 g/mol. The van der Waals surface area contributed by atoms with E-state index in [1.54, 1.807) is 0 Å². The Labute approximate surface area is 115 Å². The number of carbonyl (C=O) groups is 1. The molecule has 1 N–H and O–H groups in total. The second-order valence-corrected chi connectivity index (χ2v) is 4.56. The van der Waals surface area contributed by atoms with Gasteiger partial charge in [-0.05, 0) is 46.2 Å². The third kappa shape index (κ3) is 2.14. The van der Waals surface area contributed by atoms with Crippen molar-refractivity contribution in [1.29, 1.82) is 0 Å². The third-order valence-corrected chi connectivity index (χ3v) is 3.27. The molecular weight excluding hydrogens is 255 g/mol. The second kappa shape index (κ2) is 4.78. The SMILES string of the molecule is O=C(O)c1ccc(F)cc1-c1ccc2ccccc2c1. The number of carboxylic acids is 1. The lowest BCUT2D eigenvalue weighted by Gasteiger charge is -2.08. The molecule has 3 rings (SSSR count). The summed E-state index contributed by atoms with van der Waals surface area (Å²) in [7, 11) is 0. The number of halogens is 1. The molecule has 3 aromatic carbocycles.